The number of methoxy groups -OCH3 is 1. The molecule has 1 aliphatic heterocycles. The van der Waals surface area contributed by atoms with Gasteiger partial charge in [-0.1, -0.05) is 11.6 Å². The molecule has 9 nitrogen and oxygen atoms in total. The molecule has 3 rings (SSSR count). The summed E-state index contributed by atoms with van der Waals surface area (Å²) in [6.45, 7) is 3.02. The van der Waals surface area contributed by atoms with Crippen molar-refractivity contribution in [1.29, 1.82) is 0 Å². The van der Waals surface area contributed by atoms with Crippen molar-refractivity contribution in [2.75, 3.05) is 37.9 Å². The lowest BCUT2D eigenvalue weighted by Gasteiger charge is -2.30. The van der Waals surface area contributed by atoms with Gasteiger partial charge >= 0.3 is 6.16 Å². The average molecular weight is 467 g/mol. The van der Waals surface area contributed by atoms with E-state index in [1.807, 2.05) is 0 Å². The lowest BCUT2D eigenvalue weighted by molar-refractivity contribution is -0.137. The van der Waals surface area contributed by atoms with Crippen LogP contribution in [0.3, 0.4) is 0 Å². The number of nitrogens with two attached hydrogens (primary N) is 1. The third-order valence-electron chi connectivity index (χ3n) is 4.93. The molecule has 32 heavy (non-hydrogen) atoms. The Morgan fingerprint density at radius 2 is 2.00 bits per heavy atom. The lowest BCUT2D eigenvalue weighted by atomic mass is 10.0. The largest absolute Gasteiger partial charge is 0.527 e. The summed E-state index contributed by atoms with van der Waals surface area (Å²) >= 11 is 5.76. The molecule has 1 aromatic carbocycles. The van der Waals surface area contributed by atoms with E-state index >= 15 is 0 Å². The van der Waals surface area contributed by atoms with E-state index in [4.69, 9.17) is 31.6 Å². The number of ketones is 1. The highest BCUT2D eigenvalue weighted by molar-refractivity contribution is 6.31. The fraction of sp³-hybridized carbons (Fsp3) is 0.381. The van der Waals surface area contributed by atoms with Gasteiger partial charge in [0.1, 0.15) is 23.2 Å². The first-order chi connectivity index (χ1) is 15.3. The van der Waals surface area contributed by atoms with Gasteiger partial charge < -0.3 is 25.4 Å². The van der Waals surface area contributed by atoms with Gasteiger partial charge in [0.05, 0.1) is 29.9 Å². The van der Waals surface area contributed by atoms with Crippen LogP contribution >= 0.6 is 11.6 Å². The summed E-state index contributed by atoms with van der Waals surface area (Å²) in [5.41, 5.74) is 6.13. The van der Waals surface area contributed by atoms with Gasteiger partial charge in [-0.15, -0.1) is 5.06 Å². The molecule has 1 aromatic heterocycles. The maximum atomic E-state index is 13.9. The number of nitrogen functional groups attached to an aromatic ring is 1. The Kier molecular flexibility index (Phi) is 7.70. The Morgan fingerprint density at radius 1 is 1.28 bits per heavy atom. The van der Waals surface area contributed by atoms with E-state index in [0.717, 1.165) is 6.07 Å². The van der Waals surface area contributed by atoms with Gasteiger partial charge in [0.25, 0.3) is 0 Å². The number of hydrogen-bond acceptors (Lipinski definition) is 9. The van der Waals surface area contributed by atoms with Crippen LogP contribution in [0.2, 0.25) is 5.02 Å². The third kappa shape index (κ3) is 5.57. The van der Waals surface area contributed by atoms with E-state index in [1.54, 1.807) is 18.1 Å². The number of ether oxygens (including phenoxy) is 2. The zero-order valence-electron chi connectivity index (χ0n) is 17.7. The average Bonchev–Trinajstić information content (AvgIpc) is 2.76. The minimum atomic E-state index is -0.737. The molecule has 0 bridgehead atoms. The second-order valence-electron chi connectivity index (χ2n) is 7.05. The second kappa shape index (κ2) is 10.5. The molecule has 0 saturated carbocycles. The van der Waals surface area contributed by atoms with Crippen molar-refractivity contribution in [1.82, 2.24) is 10.0 Å². The van der Waals surface area contributed by atoms with Crippen molar-refractivity contribution in [3.63, 3.8) is 0 Å². The Balaban J connectivity index is 1.65. The number of halogens is 2. The van der Waals surface area contributed by atoms with Gasteiger partial charge in [-0.25, -0.2) is 14.2 Å². The molecule has 1 aliphatic rings. The fourth-order valence-electron chi connectivity index (χ4n) is 3.32. The van der Waals surface area contributed by atoms with Crippen molar-refractivity contribution in [3.8, 4) is 5.75 Å². The maximum Gasteiger partial charge on any atom is 0.527 e. The zero-order chi connectivity index (χ0) is 23.3. The standard InChI is InChI=1S/C21H24ClFN4O5/c1-3-31-21(29)32-27-8-6-12(7-9-27)25-18-5-4-13(20(24)26-18)19(28)14-10-16(23)15(22)11-17(14)30-2/h4-5,10-12H,3,6-9H2,1-2H3,(H3,24,25,26). The second-order valence-corrected chi connectivity index (χ2v) is 7.45. The number of hydroxylamine groups is 2. The summed E-state index contributed by atoms with van der Waals surface area (Å²) in [4.78, 5) is 33.7. The zero-order valence-corrected chi connectivity index (χ0v) is 18.4. The van der Waals surface area contributed by atoms with E-state index in [1.165, 1.54) is 19.2 Å². The van der Waals surface area contributed by atoms with Crippen LogP contribution in [0.25, 0.3) is 0 Å². The van der Waals surface area contributed by atoms with Crippen molar-refractivity contribution in [3.05, 3.63) is 46.2 Å². The smallest absolute Gasteiger partial charge is 0.496 e. The fourth-order valence-corrected chi connectivity index (χ4v) is 3.47. The summed E-state index contributed by atoms with van der Waals surface area (Å²) < 4.78 is 23.8. The molecule has 11 heteroatoms. The van der Waals surface area contributed by atoms with Crippen LogP contribution in [0, 0.1) is 5.82 Å². The van der Waals surface area contributed by atoms with Crippen molar-refractivity contribution >= 4 is 35.2 Å². The van der Waals surface area contributed by atoms with E-state index in [-0.39, 0.29) is 40.4 Å². The van der Waals surface area contributed by atoms with Crippen LogP contribution in [0.1, 0.15) is 35.7 Å². The Morgan fingerprint density at radius 3 is 2.62 bits per heavy atom. The van der Waals surface area contributed by atoms with Crippen LogP contribution in [0.15, 0.2) is 24.3 Å². The Labute approximate surface area is 189 Å². The van der Waals surface area contributed by atoms with E-state index in [0.29, 0.717) is 31.7 Å². The molecule has 2 aromatic rings. The molecule has 1 fully saturated rings. The maximum absolute atomic E-state index is 13.9. The highest BCUT2D eigenvalue weighted by atomic mass is 35.5. The first-order valence-electron chi connectivity index (χ1n) is 10.0. The predicted molar refractivity (Wildman–Crippen MR) is 116 cm³/mol. The number of benzene rings is 1. The van der Waals surface area contributed by atoms with Crippen molar-refractivity contribution < 1.29 is 28.3 Å². The molecule has 1 saturated heterocycles. The van der Waals surface area contributed by atoms with E-state index in [2.05, 4.69) is 10.3 Å². The minimum absolute atomic E-state index is 0.000455. The summed E-state index contributed by atoms with van der Waals surface area (Å²) in [7, 11) is 1.36. The number of carbonyl (C=O) groups excluding carboxylic acids is 2. The molecule has 0 spiro atoms. The number of carbonyl (C=O) groups is 2. The molecule has 0 radical (unpaired) electrons. The van der Waals surface area contributed by atoms with Crippen molar-refractivity contribution in [2.45, 2.75) is 25.8 Å². The van der Waals surface area contributed by atoms with E-state index in [9.17, 15) is 14.0 Å². The number of pyridine rings is 1. The van der Waals surface area contributed by atoms with Crippen LogP contribution in [-0.2, 0) is 9.57 Å². The normalized spacial score (nSPS) is 14.6. The SMILES string of the molecule is CCOC(=O)ON1CCC(Nc2ccc(C(=O)c3cc(F)c(Cl)cc3OC)c(N)n2)CC1. The highest BCUT2D eigenvalue weighted by Crippen LogP contribution is 2.29. The molecule has 0 atom stereocenters. The minimum Gasteiger partial charge on any atom is -0.496 e. The van der Waals surface area contributed by atoms with Crippen LogP contribution in [0.4, 0.5) is 20.8 Å². The molecular weight excluding hydrogens is 443 g/mol. The topological polar surface area (TPSA) is 116 Å². The van der Waals surface area contributed by atoms with Gasteiger partial charge in [0.15, 0.2) is 0 Å². The van der Waals surface area contributed by atoms with E-state index < -0.39 is 17.8 Å². The number of aromatic nitrogens is 1. The first kappa shape index (κ1) is 23.6. The number of anilines is 2. The number of nitrogens with zero attached hydrogens (tertiary/aromatic N) is 2. The number of piperidine rings is 1. The summed E-state index contributed by atoms with van der Waals surface area (Å²) in [6.07, 6.45) is 0.678. The molecule has 0 unspecified atom stereocenters. The molecule has 172 valence electrons. The molecular formula is C21H24ClFN4O5. The number of hydrogen-bond donors (Lipinski definition) is 2. The molecule has 3 N–H and O–H groups in total. The van der Waals surface area contributed by atoms with Crippen molar-refractivity contribution in [2.24, 2.45) is 0 Å². The lowest BCUT2D eigenvalue weighted by Crippen LogP contribution is -2.40. The summed E-state index contributed by atoms with van der Waals surface area (Å²) in [5.74, 6) is -0.629. The quantitative estimate of drug-likeness (QED) is 0.465. The molecule has 0 amide bonds. The predicted octanol–water partition coefficient (Wildman–Crippen LogP) is 3.66. The number of rotatable bonds is 7. The summed E-state index contributed by atoms with van der Waals surface area (Å²) in [6, 6.07) is 5.49. The Hall–Kier alpha value is -3.11. The molecule has 0 aliphatic carbocycles. The third-order valence-corrected chi connectivity index (χ3v) is 5.22. The first-order valence-corrected chi connectivity index (χ1v) is 10.4. The van der Waals surface area contributed by atoms with Gasteiger partial charge in [-0.2, -0.15) is 0 Å². The van der Waals surface area contributed by atoms with Crippen LogP contribution < -0.4 is 15.8 Å². The summed E-state index contributed by atoms with van der Waals surface area (Å²) in [5, 5.41) is 4.67. The van der Waals surface area contributed by atoms with Crippen LogP contribution in [-0.4, -0.2) is 54.8 Å². The van der Waals surface area contributed by atoms with Gasteiger partial charge in [-0.05, 0) is 38.0 Å². The van der Waals surface area contributed by atoms with Crippen LogP contribution in [0.5, 0.6) is 5.75 Å². The van der Waals surface area contributed by atoms with Gasteiger partial charge in [-0.3, -0.25) is 4.79 Å². The highest BCUT2D eigenvalue weighted by Gasteiger charge is 2.24. The van der Waals surface area contributed by atoms with Gasteiger partial charge in [0, 0.05) is 25.2 Å². The monoisotopic (exact) mass is 466 g/mol. The van der Waals surface area contributed by atoms with Gasteiger partial charge in [0.2, 0.25) is 5.78 Å². The number of nitrogens with one attached hydrogen (secondary N) is 1. The molecule has 2 heterocycles. The Bertz CT molecular complexity index is 998.